The van der Waals surface area contributed by atoms with E-state index in [1.807, 2.05) is 0 Å². The third-order valence-corrected chi connectivity index (χ3v) is 2.70. The number of phenolic OH excluding ortho intramolecular Hbond substituents is 1. The molecule has 12 heavy (non-hydrogen) atoms. The maximum atomic E-state index is 11.0. The number of halogens is 1. The number of hydrogen-bond donors (Lipinski definition) is 1. The van der Waals surface area contributed by atoms with Gasteiger partial charge in [-0.3, -0.25) is 0 Å². The summed E-state index contributed by atoms with van der Waals surface area (Å²) in [7, 11) is -3.36. The van der Waals surface area contributed by atoms with E-state index in [0.717, 1.165) is 6.26 Å². The molecule has 1 aromatic rings. The summed E-state index contributed by atoms with van der Waals surface area (Å²) >= 11 is 5.51. The predicted molar refractivity (Wildman–Crippen MR) is 46.2 cm³/mol. The number of sulfone groups is 1. The van der Waals surface area contributed by atoms with Crippen LogP contribution in [0.1, 0.15) is 0 Å². The molecule has 0 radical (unpaired) electrons. The highest BCUT2D eigenvalue weighted by Crippen LogP contribution is 2.25. The van der Waals surface area contributed by atoms with Crippen LogP contribution in [0.5, 0.6) is 5.75 Å². The van der Waals surface area contributed by atoms with E-state index in [1.54, 1.807) is 0 Å². The molecule has 0 aromatic heterocycles. The van der Waals surface area contributed by atoms with Gasteiger partial charge in [-0.15, -0.1) is 0 Å². The van der Waals surface area contributed by atoms with E-state index in [1.165, 1.54) is 18.2 Å². The molecule has 3 nitrogen and oxygen atoms in total. The second kappa shape index (κ2) is 2.95. The SMILES string of the molecule is CS(=O)(=O)c1ccc(Cl)cc1O. The Morgan fingerprint density at radius 1 is 1.42 bits per heavy atom. The van der Waals surface area contributed by atoms with Gasteiger partial charge in [0.05, 0.1) is 0 Å². The van der Waals surface area contributed by atoms with Crippen molar-refractivity contribution in [2.45, 2.75) is 4.90 Å². The van der Waals surface area contributed by atoms with Crippen molar-refractivity contribution in [3.05, 3.63) is 23.2 Å². The predicted octanol–water partition coefficient (Wildman–Crippen LogP) is 1.45. The molecule has 0 amide bonds. The van der Waals surface area contributed by atoms with Crippen molar-refractivity contribution in [3.8, 4) is 5.75 Å². The Morgan fingerprint density at radius 2 is 2.00 bits per heavy atom. The third kappa shape index (κ3) is 1.89. The van der Waals surface area contributed by atoms with Crippen molar-refractivity contribution < 1.29 is 13.5 Å². The van der Waals surface area contributed by atoms with Crippen LogP contribution in [-0.2, 0) is 9.84 Å². The number of aromatic hydroxyl groups is 1. The normalized spacial score (nSPS) is 11.5. The molecule has 0 bridgehead atoms. The molecular formula is C7H7ClO3S. The second-order valence-electron chi connectivity index (χ2n) is 2.38. The van der Waals surface area contributed by atoms with Crippen molar-refractivity contribution >= 4 is 21.4 Å². The van der Waals surface area contributed by atoms with E-state index in [2.05, 4.69) is 0 Å². The highest BCUT2D eigenvalue weighted by atomic mass is 35.5. The van der Waals surface area contributed by atoms with Crippen molar-refractivity contribution in [1.29, 1.82) is 0 Å². The molecule has 0 saturated carbocycles. The summed E-state index contributed by atoms with van der Waals surface area (Å²) in [5.74, 6) is -0.315. The zero-order valence-electron chi connectivity index (χ0n) is 6.28. The van der Waals surface area contributed by atoms with Gasteiger partial charge in [0.25, 0.3) is 0 Å². The fraction of sp³-hybridized carbons (Fsp3) is 0.143. The van der Waals surface area contributed by atoms with Crippen LogP contribution in [0.25, 0.3) is 0 Å². The van der Waals surface area contributed by atoms with Crippen LogP contribution in [0.4, 0.5) is 0 Å². The monoisotopic (exact) mass is 206 g/mol. The van der Waals surface area contributed by atoms with E-state index >= 15 is 0 Å². The van der Waals surface area contributed by atoms with Gasteiger partial charge in [0.15, 0.2) is 9.84 Å². The quantitative estimate of drug-likeness (QED) is 0.757. The Hall–Kier alpha value is -0.740. The number of hydrogen-bond acceptors (Lipinski definition) is 3. The van der Waals surface area contributed by atoms with Gasteiger partial charge in [-0.05, 0) is 18.2 Å². The summed E-state index contributed by atoms with van der Waals surface area (Å²) in [6.45, 7) is 0. The van der Waals surface area contributed by atoms with Gasteiger partial charge in [-0.1, -0.05) is 11.6 Å². The second-order valence-corrected chi connectivity index (χ2v) is 4.80. The zero-order valence-corrected chi connectivity index (χ0v) is 7.85. The van der Waals surface area contributed by atoms with Crippen molar-refractivity contribution in [1.82, 2.24) is 0 Å². The van der Waals surface area contributed by atoms with Crippen molar-refractivity contribution in [2.24, 2.45) is 0 Å². The fourth-order valence-electron chi connectivity index (χ4n) is 0.804. The molecule has 1 N–H and O–H groups in total. The van der Waals surface area contributed by atoms with Crippen LogP contribution < -0.4 is 0 Å². The molecule has 0 fully saturated rings. The third-order valence-electron chi connectivity index (χ3n) is 1.32. The summed E-state index contributed by atoms with van der Waals surface area (Å²) in [4.78, 5) is -0.105. The zero-order chi connectivity index (χ0) is 9.35. The average molecular weight is 207 g/mol. The molecule has 0 spiro atoms. The molecule has 5 heteroatoms. The molecular weight excluding hydrogens is 200 g/mol. The summed E-state index contributed by atoms with van der Waals surface area (Å²) in [6.07, 6.45) is 1.02. The van der Waals surface area contributed by atoms with E-state index in [-0.39, 0.29) is 10.6 Å². The molecule has 0 heterocycles. The Labute approximate surface area is 75.5 Å². The number of benzene rings is 1. The minimum atomic E-state index is -3.36. The fourth-order valence-corrected chi connectivity index (χ4v) is 1.72. The van der Waals surface area contributed by atoms with Gasteiger partial charge in [0.1, 0.15) is 10.6 Å². The van der Waals surface area contributed by atoms with Crippen molar-refractivity contribution in [2.75, 3.05) is 6.26 Å². The summed E-state index contributed by atoms with van der Waals surface area (Å²) in [5, 5.41) is 9.47. The van der Waals surface area contributed by atoms with Crippen LogP contribution >= 0.6 is 11.6 Å². The molecule has 0 unspecified atom stereocenters. The van der Waals surface area contributed by atoms with Crippen molar-refractivity contribution in [3.63, 3.8) is 0 Å². The lowest BCUT2D eigenvalue weighted by Gasteiger charge is -2.00. The topological polar surface area (TPSA) is 54.4 Å². The van der Waals surface area contributed by atoms with Gasteiger partial charge >= 0.3 is 0 Å². The minimum absolute atomic E-state index is 0.105. The Morgan fingerprint density at radius 3 is 2.42 bits per heavy atom. The first-order valence-electron chi connectivity index (χ1n) is 3.10. The Kier molecular flexibility index (Phi) is 2.30. The highest BCUT2D eigenvalue weighted by Gasteiger charge is 2.12. The molecule has 0 aliphatic rings. The standard InChI is InChI=1S/C7H7ClO3S/c1-12(10,11)7-3-2-5(8)4-6(7)9/h2-4,9H,1H3. The lowest BCUT2D eigenvalue weighted by molar-refractivity contribution is 0.459. The summed E-state index contributed by atoms with van der Waals surface area (Å²) < 4.78 is 21.9. The summed E-state index contributed by atoms with van der Waals surface area (Å²) in [5.41, 5.74) is 0. The number of phenols is 1. The minimum Gasteiger partial charge on any atom is -0.507 e. The lowest BCUT2D eigenvalue weighted by Crippen LogP contribution is -1.96. The van der Waals surface area contributed by atoms with E-state index in [0.29, 0.717) is 5.02 Å². The average Bonchev–Trinajstić information content (AvgIpc) is 1.83. The molecule has 0 aliphatic carbocycles. The molecule has 1 rings (SSSR count). The smallest absolute Gasteiger partial charge is 0.179 e. The maximum absolute atomic E-state index is 11.0. The molecule has 0 aliphatic heterocycles. The largest absolute Gasteiger partial charge is 0.507 e. The molecule has 0 saturated heterocycles. The van der Waals surface area contributed by atoms with Crippen LogP contribution in [0.2, 0.25) is 5.02 Å². The molecule has 1 aromatic carbocycles. The van der Waals surface area contributed by atoms with Crippen LogP contribution in [0.3, 0.4) is 0 Å². The van der Waals surface area contributed by atoms with Crippen LogP contribution in [-0.4, -0.2) is 19.8 Å². The van der Waals surface area contributed by atoms with Gasteiger partial charge in [0, 0.05) is 11.3 Å². The lowest BCUT2D eigenvalue weighted by atomic mass is 10.3. The van der Waals surface area contributed by atoms with Crippen LogP contribution in [0, 0.1) is 0 Å². The Balaban J connectivity index is 3.39. The van der Waals surface area contributed by atoms with Crippen LogP contribution in [0.15, 0.2) is 23.1 Å². The first kappa shape index (κ1) is 9.35. The summed E-state index contributed by atoms with van der Waals surface area (Å²) in [6, 6.07) is 3.88. The Bertz CT molecular complexity index is 397. The first-order chi connectivity index (χ1) is 5.41. The van der Waals surface area contributed by atoms with Gasteiger partial charge in [-0.25, -0.2) is 8.42 Å². The molecule has 0 atom stereocenters. The van der Waals surface area contributed by atoms with E-state index in [9.17, 15) is 8.42 Å². The van der Waals surface area contributed by atoms with E-state index < -0.39 is 9.84 Å². The maximum Gasteiger partial charge on any atom is 0.179 e. The number of rotatable bonds is 1. The van der Waals surface area contributed by atoms with E-state index in [4.69, 9.17) is 16.7 Å². The van der Waals surface area contributed by atoms with Gasteiger partial charge < -0.3 is 5.11 Å². The molecule has 66 valence electrons. The first-order valence-corrected chi connectivity index (χ1v) is 5.37. The highest BCUT2D eigenvalue weighted by molar-refractivity contribution is 7.90. The van der Waals surface area contributed by atoms with Gasteiger partial charge in [0.2, 0.25) is 0 Å². The van der Waals surface area contributed by atoms with Gasteiger partial charge in [-0.2, -0.15) is 0 Å².